The Morgan fingerprint density at radius 3 is 2.57 bits per heavy atom. The molecule has 1 saturated heterocycles. The molecule has 23 heavy (non-hydrogen) atoms. The van der Waals surface area contributed by atoms with Gasteiger partial charge in [0.25, 0.3) is 0 Å². The van der Waals surface area contributed by atoms with Crippen LogP contribution in [0.25, 0.3) is 11.3 Å². The van der Waals surface area contributed by atoms with Gasteiger partial charge in [0, 0.05) is 24.3 Å². The number of thioether (sulfide) groups is 1. The van der Waals surface area contributed by atoms with Gasteiger partial charge in [0.1, 0.15) is 0 Å². The fourth-order valence-electron chi connectivity index (χ4n) is 2.75. The van der Waals surface area contributed by atoms with Gasteiger partial charge in [-0.3, -0.25) is 4.79 Å². The topological polar surface area (TPSA) is 46.1 Å². The number of rotatable bonds is 4. The number of nitrogens with zero attached hydrogens (tertiary/aromatic N) is 3. The summed E-state index contributed by atoms with van der Waals surface area (Å²) in [4.78, 5) is 23.5. The van der Waals surface area contributed by atoms with Crippen LogP contribution in [-0.4, -0.2) is 39.1 Å². The third kappa shape index (κ3) is 3.91. The first-order chi connectivity index (χ1) is 11.1. The van der Waals surface area contributed by atoms with Gasteiger partial charge >= 0.3 is 0 Å². The summed E-state index contributed by atoms with van der Waals surface area (Å²) in [6.07, 6.45) is 2.23. The maximum absolute atomic E-state index is 12.4. The molecule has 0 saturated carbocycles. The summed E-state index contributed by atoms with van der Waals surface area (Å²) in [6, 6.07) is 12.0. The van der Waals surface area contributed by atoms with E-state index in [9.17, 15) is 4.79 Å². The van der Waals surface area contributed by atoms with Gasteiger partial charge in [0.15, 0.2) is 5.16 Å². The molecule has 1 aliphatic heterocycles. The number of carbonyl (C=O) groups excluding carboxylic acids is 1. The van der Waals surface area contributed by atoms with Crippen LogP contribution in [0.1, 0.15) is 25.5 Å². The summed E-state index contributed by atoms with van der Waals surface area (Å²) in [5.74, 6) is 0.193. The first kappa shape index (κ1) is 16.0. The van der Waals surface area contributed by atoms with E-state index in [4.69, 9.17) is 0 Å². The van der Waals surface area contributed by atoms with Crippen molar-refractivity contribution < 1.29 is 4.79 Å². The highest BCUT2D eigenvalue weighted by molar-refractivity contribution is 8.00. The van der Waals surface area contributed by atoms with E-state index in [1.807, 2.05) is 55.1 Å². The van der Waals surface area contributed by atoms with Crippen LogP contribution >= 0.6 is 11.8 Å². The minimum atomic E-state index is -0.154. The lowest BCUT2D eigenvalue weighted by Gasteiger charge is -2.19. The number of hydrogen-bond acceptors (Lipinski definition) is 4. The summed E-state index contributed by atoms with van der Waals surface area (Å²) >= 11 is 1.45. The van der Waals surface area contributed by atoms with Crippen molar-refractivity contribution in [2.75, 3.05) is 13.1 Å². The average Bonchev–Trinajstić information content (AvgIpc) is 3.09. The molecule has 1 amide bonds. The van der Waals surface area contributed by atoms with E-state index in [0.29, 0.717) is 5.16 Å². The number of aromatic nitrogens is 2. The number of hydrogen-bond donors (Lipinski definition) is 0. The molecule has 1 fully saturated rings. The maximum Gasteiger partial charge on any atom is 0.235 e. The molecule has 0 bridgehead atoms. The minimum Gasteiger partial charge on any atom is -0.342 e. The first-order valence-corrected chi connectivity index (χ1v) is 8.88. The Hall–Kier alpha value is -1.88. The molecule has 5 heteroatoms. The van der Waals surface area contributed by atoms with E-state index in [-0.39, 0.29) is 11.2 Å². The van der Waals surface area contributed by atoms with Crippen molar-refractivity contribution in [3.8, 4) is 11.3 Å². The zero-order valence-electron chi connectivity index (χ0n) is 13.5. The van der Waals surface area contributed by atoms with Gasteiger partial charge in [-0.1, -0.05) is 42.1 Å². The molecule has 0 N–H and O–H groups in total. The Bertz CT molecular complexity index is 684. The van der Waals surface area contributed by atoms with Gasteiger partial charge in [0.05, 0.1) is 10.9 Å². The van der Waals surface area contributed by atoms with Crippen molar-refractivity contribution in [1.82, 2.24) is 14.9 Å². The molecule has 1 aromatic carbocycles. The van der Waals surface area contributed by atoms with Crippen LogP contribution in [0, 0.1) is 6.92 Å². The third-order valence-corrected chi connectivity index (χ3v) is 4.90. The maximum atomic E-state index is 12.4. The molecule has 0 unspecified atom stereocenters. The van der Waals surface area contributed by atoms with E-state index in [0.717, 1.165) is 42.9 Å². The average molecular weight is 327 g/mol. The second kappa shape index (κ2) is 7.13. The fraction of sp³-hybridized carbons (Fsp3) is 0.389. The Balaban J connectivity index is 1.77. The lowest BCUT2D eigenvalue weighted by Crippen LogP contribution is -2.34. The van der Waals surface area contributed by atoms with Crippen LogP contribution in [0.4, 0.5) is 0 Å². The molecule has 0 aliphatic carbocycles. The number of aryl methyl sites for hydroxylation is 1. The molecular weight excluding hydrogens is 306 g/mol. The number of amides is 1. The van der Waals surface area contributed by atoms with Crippen LogP contribution in [0.15, 0.2) is 41.6 Å². The molecular formula is C18H21N3OS. The molecule has 2 aromatic rings. The largest absolute Gasteiger partial charge is 0.342 e. The summed E-state index contributed by atoms with van der Waals surface area (Å²) in [7, 11) is 0. The van der Waals surface area contributed by atoms with Crippen LogP contribution in [0.2, 0.25) is 0 Å². The van der Waals surface area contributed by atoms with Crippen LogP contribution < -0.4 is 0 Å². The van der Waals surface area contributed by atoms with E-state index in [2.05, 4.69) is 9.97 Å². The first-order valence-electron chi connectivity index (χ1n) is 8.00. The van der Waals surface area contributed by atoms with Crippen LogP contribution in [0.3, 0.4) is 0 Å². The van der Waals surface area contributed by atoms with Crippen LogP contribution in [-0.2, 0) is 4.79 Å². The van der Waals surface area contributed by atoms with Crippen molar-refractivity contribution in [1.29, 1.82) is 0 Å². The van der Waals surface area contributed by atoms with Crippen molar-refractivity contribution in [2.24, 2.45) is 0 Å². The van der Waals surface area contributed by atoms with Gasteiger partial charge in [0.2, 0.25) is 5.91 Å². The quantitative estimate of drug-likeness (QED) is 0.636. The minimum absolute atomic E-state index is 0.154. The predicted octanol–water partition coefficient (Wildman–Crippen LogP) is 3.56. The smallest absolute Gasteiger partial charge is 0.235 e. The van der Waals surface area contributed by atoms with Crippen molar-refractivity contribution in [3.05, 3.63) is 42.1 Å². The number of carbonyl (C=O) groups is 1. The van der Waals surface area contributed by atoms with Gasteiger partial charge in [-0.15, -0.1) is 0 Å². The SMILES string of the molecule is Cc1cc(-c2ccccc2)nc(S[C@H](C)C(=O)N2CCCC2)n1. The highest BCUT2D eigenvalue weighted by Crippen LogP contribution is 2.26. The summed E-state index contributed by atoms with van der Waals surface area (Å²) in [5.41, 5.74) is 2.89. The zero-order chi connectivity index (χ0) is 16.2. The van der Waals surface area contributed by atoms with E-state index in [1.165, 1.54) is 11.8 Å². The molecule has 1 atom stereocenters. The lowest BCUT2D eigenvalue weighted by atomic mass is 10.1. The summed E-state index contributed by atoms with van der Waals surface area (Å²) < 4.78 is 0. The van der Waals surface area contributed by atoms with E-state index in [1.54, 1.807) is 0 Å². The van der Waals surface area contributed by atoms with Gasteiger partial charge in [-0.05, 0) is 32.8 Å². The molecule has 4 nitrogen and oxygen atoms in total. The van der Waals surface area contributed by atoms with E-state index < -0.39 is 0 Å². The Morgan fingerprint density at radius 2 is 1.87 bits per heavy atom. The molecule has 0 spiro atoms. The molecule has 120 valence electrons. The second-order valence-electron chi connectivity index (χ2n) is 5.84. The molecule has 3 rings (SSSR count). The number of benzene rings is 1. The van der Waals surface area contributed by atoms with Crippen molar-refractivity contribution >= 4 is 17.7 Å². The summed E-state index contributed by atoms with van der Waals surface area (Å²) in [5, 5.41) is 0.516. The molecule has 1 aromatic heterocycles. The fourth-order valence-corrected chi connectivity index (χ4v) is 3.67. The third-order valence-electron chi connectivity index (χ3n) is 3.95. The van der Waals surface area contributed by atoms with Gasteiger partial charge in [-0.2, -0.15) is 0 Å². The highest BCUT2D eigenvalue weighted by atomic mass is 32.2. The van der Waals surface area contributed by atoms with Gasteiger partial charge < -0.3 is 4.90 Å². The monoisotopic (exact) mass is 327 g/mol. The predicted molar refractivity (Wildman–Crippen MR) is 93.3 cm³/mol. The molecule has 0 radical (unpaired) electrons. The lowest BCUT2D eigenvalue weighted by molar-refractivity contribution is -0.129. The Kier molecular flexibility index (Phi) is 4.96. The van der Waals surface area contributed by atoms with Crippen molar-refractivity contribution in [3.63, 3.8) is 0 Å². The number of likely N-dealkylation sites (tertiary alicyclic amines) is 1. The molecule has 1 aliphatic rings. The van der Waals surface area contributed by atoms with Crippen LogP contribution in [0.5, 0.6) is 0 Å². The van der Waals surface area contributed by atoms with Crippen molar-refractivity contribution in [2.45, 2.75) is 37.1 Å². The van der Waals surface area contributed by atoms with E-state index >= 15 is 0 Å². The van der Waals surface area contributed by atoms with Gasteiger partial charge in [-0.25, -0.2) is 9.97 Å². The zero-order valence-corrected chi connectivity index (χ0v) is 14.3. The molecule has 2 heterocycles. The Labute approximate surface area is 141 Å². The second-order valence-corrected chi connectivity index (χ2v) is 7.14. The normalized spacial score (nSPS) is 15.7. The summed E-state index contributed by atoms with van der Waals surface area (Å²) in [6.45, 7) is 5.67. The Morgan fingerprint density at radius 1 is 1.17 bits per heavy atom. The highest BCUT2D eigenvalue weighted by Gasteiger charge is 2.24. The standard InChI is InChI=1S/C18H21N3OS/c1-13-12-16(15-8-4-3-5-9-15)20-18(19-13)23-14(2)17(22)21-10-6-7-11-21/h3-5,8-9,12,14H,6-7,10-11H2,1-2H3/t14-/m1/s1.